The van der Waals surface area contributed by atoms with Crippen molar-refractivity contribution in [3.05, 3.63) is 22.4 Å². The molecule has 7 heteroatoms. The second-order valence-electron chi connectivity index (χ2n) is 3.07. The zero-order valence-electron chi connectivity index (χ0n) is 8.77. The predicted molar refractivity (Wildman–Crippen MR) is 66.3 cm³/mol. The van der Waals surface area contributed by atoms with Gasteiger partial charge in [-0.25, -0.2) is 14.8 Å². The number of rotatable bonds is 2. The molecule has 0 radical (unpaired) electrons. The van der Waals surface area contributed by atoms with Crippen LogP contribution in [0.3, 0.4) is 0 Å². The molecule has 0 aromatic carbocycles. The smallest absolute Gasteiger partial charge is 0.298 e. The fourth-order valence-corrected chi connectivity index (χ4v) is 2.44. The maximum Gasteiger partial charge on any atom is 0.324 e. The number of aromatic nitrogens is 2. The first-order valence-corrected chi connectivity index (χ1v) is 6.19. The molecule has 84 valence electrons. The fourth-order valence-electron chi connectivity index (χ4n) is 1.09. The molecule has 2 heterocycles. The average Bonchev–Trinajstić information content (AvgIpc) is 2.76. The maximum absolute atomic E-state index is 11.5. The van der Waals surface area contributed by atoms with Crippen molar-refractivity contribution in [2.24, 2.45) is 0 Å². The molecule has 0 bridgehead atoms. The van der Waals surface area contributed by atoms with Gasteiger partial charge in [-0.05, 0) is 13.8 Å². The Hall–Kier alpha value is -1.47. The first kappa shape index (κ1) is 11.0. The highest BCUT2D eigenvalue weighted by molar-refractivity contribution is 7.16. The Morgan fingerprint density at radius 2 is 1.50 bits per heavy atom. The van der Waals surface area contributed by atoms with E-state index in [1.54, 1.807) is 12.4 Å². The molecule has 0 atom stereocenters. The number of carbonyl (C=O) groups excluding carboxylic acids is 1. The Labute approximate surface area is 101 Å². The Morgan fingerprint density at radius 1 is 1.06 bits per heavy atom. The lowest BCUT2D eigenvalue weighted by atomic mass is 10.7. The third kappa shape index (κ3) is 2.77. The lowest BCUT2D eigenvalue weighted by Crippen LogP contribution is -2.17. The van der Waals surface area contributed by atoms with E-state index in [-0.39, 0.29) is 6.03 Å². The van der Waals surface area contributed by atoms with E-state index in [4.69, 9.17) is 0 Å². The van der Waals surface area contributed by atoms with Gasteiger partial charge in [-0.1, -0.05) is 0 Å². The summed E-state index contributed by atoms with van der Waals surface area (Å²) in [5.41, 5.74) is 0. The molecule has 0 aliphatic rings. The van der Waals surface area contributed by atoms with Crippen molar-refractivity contribution >= 4 is 38.7 Å². The van der Waals surface area contributed by atoms with Crippen LogP contribution in [0.1, 0.15) is 10.0 Å². The van der Waals surface area contributed by atoms with Crippen molar-refractivity contribution in [2.45, 2.75) is 13.8 Å². The van der Waals surface area contributed by atoms with Gasteiger partial charge in [-0.2, -0.15) is 0 Å². The number of hydrogen-bond acceptors (Lipinski definition) is 5. The third-order valence-electron chi connectivity index (χ3n) is 1.72. The number of thiazole rings is 2. The highest BCUT2D eigenvalue weighted by Crippen LogP contribution is 2.20. The standard InChI is InChI=1S/C9H10N4OS2/c1-5-10-3-7(15-5)12-9(14)13-8-4-11-6(2)16-8/h3-4H,1-2H3,(H2,12,13,14). The maximum atomic E-state index is 11.5. The second kappa shape index (κ2) is 4.58. The number of aryl methyl sites for hydroxylation is 2. The van der Waals surface area contributed by atoms with Gasteiger partial charge in [-0.15, -0.1) is 22.7 Å². The molecule has 0 saturated carbocycles. The minimum absolute atomic E-state index is 0.271. The van der Waals surface area contributed by atoms with Gasteiger partial charge in [0.2, 0.25) is 0 Å². The van der Waals surface area contributed by atoms with E-state index >= 15 is 0 Å². The van der Waals surface area contributed by atoms with Crippen LogP contribution < -0.4 is 10.6 Å². The number of carbonyl (C=O) groups is 1. The van der Waals surface area contributed by atoms with Gasteiger partial charge in [0.1, 0.15) is 10.0 Å². The molecule has 2 aromatic rings. The summed E-state index contributed by atoms with van der Waals surface area (Å²) >= 11 is 2.87. The zero-order chi connectivity index (χ0) is 11.5. The highest BCUT2D eigenvalue weighted by atomic mass is 32.1. The topological polar surface area (TPSA) is 66.9 Å². The summed E-state index contributed by atoms with van der Waals surface area (Å²) in [5.74, 6) is 0. The summed E-state index contributed by atoms with van der Waals surface area (Å²) in [6.07, 6.45) is 3.27. The number of amides is 2. The Morgan fingerprint density at radius 3 is 1.81 bits per heavy atom. The second-order valence-corrected chi connectivity index (χ2v) is 5.54. The number of hydrogen-bond donors (Lipinski definition) is 2. The van der Waals surface area contributed by atoms with Crippen molar-refractivity contribution in [1.29, 1.82) is 0 Å². The van der Waals surface area contributed by atoms with Crippen LogP contribution in [0.15, 0.2) is 12.4 Å². The largest absolute Gasteiger partial charge is 0.324 e. The van der Waals surface area contributed by atoms with Crippen LogP contribution in [-0.2, 0) is 0 Å². The SMILES string of the molecule is Cc1ncc(NC(=O)Nc2cnc(C)s2)s1. The van der Waals surface area contributed by atoms with Crippen LogP contribution >= 0.6 is 22.7 Å². The van der Waals surface area contributed by atoms with Crippen LogP contribution in [0.4, 0.5) is 14.8 Å². The van der Waals surface area contributed by atoms with Crippen molar-refractivity contribution in [2.75, 3.05) is 10.6 Å². The van der Waals surface area contributed by atoms with Crippen LogP contribution in [0, 0.1) is 13.8 Å². The normalized spacial score (nSPS) is 10.1. The number of urea groups is 1. The molecular formula is C9H10N4OS2. The van der Waals surface area contributed by atoms with Crippen LogP contribution in [0.5, 0.6) is 0 Å². The Bertz CT molecular complexity index is 461. The van der Waals surface area contributed by atoms with Gasteiger partial charge in [0, 0.05) is 0 Å². The molecule has 0 aliphatic carbocycles. The van der Waals surface area contributed by atoms with Gasteiger partial charge in [0.15, 0.2) is 0 Å². The van der Waals surface area contributed by atoms with Crippen molar-refractivity contribution in [3.8, 4) is 0 Å². The minimum Gasteiger partial charge on any atom is -0.298 e. The fraction of sp³-hybridized carbons (Fsp3) is 0.222. The number of anilines is 2. The molecule has 2 aromatic heterocycles. The van der Waals surface area contributed by atoms with Gasteiger partial charge in [0.25, 0.3) is 0 Å². The Kier molecular flexibility index (Phi) is 3.16. The zero-order valence-corrected chi connectivity index (χ0v) is 10.4. The molecule has 0 unspecified atom stereocenters. The molecular weight excluding hydrogens is 244 g/mol. The van der Waals surface area contributed by atoms with E-state index in [1.165, 1.54) is 22.7 Å². The Balaban J connectivity index is 1.94. The molecule has 16 heavy (non-hydrogen) atoms. The summed E-state index contributed by atoms with van der Waals surface area (Å²) in [7, 11) is 0. The molecule has 2 rings (SSSR count). The predicted octanol–water partition coefficient (Wildman–Crippen LogP) is 2.86. The molecule has 0 aliphatic heterocycles. The van der Waals surface area contributed by atoms with E-state index in [0.717, 1.165) is 20.0 Å². The first-order valence-electron chi connectivity index (χ1n) is 4.56. The van der Waals surface area contributed by atoms with Gasteiger partial charge in [-0.3, -0.25) is 10.6 Å². The summed E-state index contributed by atoms with van der Waals surface area (Å²) in [4.78, 5) is 19.6. The molecule has 0 fully saturated rings. The summed E-state index contributed by atoms with van der Waals surface area (Å²) in [5, 5.41) is 8.72. The lowest BCUT2D eigenvalue weighted by Gasteiger charge is -2.01. The summed E-state index contributed by atoms with van der Waals surface area (Å²) in [6, 6.07) is -0.271. The monoisotopic (exact) mass is 254 g/mol. The lowest BCUT2D eigenvalue weighted by molar-refractivity contribution is 0.262. The van der Waals surface area contributed by atoms with Crippen LogP contribution in [-0.4, -0.2) is 16.0 Å². The van der Waals surface area contributed by atoms with E-state index in [9.17, 15) is 4.79 Å². The molecule has 5 nitrogen and oxygen atoms in total. The quantitative estimate of drug-likeness (QED) is 0.866. The number of nitrogens with zero attached hydrogens (tertiary/aromatic N) is 2. The van der Waals surface area contributed by atoms with E-state index in [0.29, 0.717) is 0 Å². The summed E-state index contributed by atoms with van der Waals surface area (Å²) < 4.78 is 0. The van der Waals surface area contributed by atoms with Crippen LogP contribution in [0.25, 0.3) is 0 Å². The molecule has 2 amide bonds. The molecule has 0 spiro atoms. The van der Waals surface area contributed by atoms with Crippen LogP contribution in [0.2, 0.25) is 0 Å². The van der Waals surface area contributed by atoms with E-state index in [2.05, 4.69) is 20.6 Å². The first-order chi connectivity index (χ1) is 7.63. The van der Waals surface area contributed by atoms with Crippen molar-refractivity contribution in [1.82, 2.24) is 9.97 Å². The highest BCUT2D eigenvalue weighted by Gasteiger charge is 2.06. The van der Waals surface area contributed by atoms with Gasteiger partial charge in [0.05, 0.1) is 22.4 Å². The van der Waals surface area contributed by atoms with E-state index < -0.39 is 0 Å². The molecule has 2 N–H and O–H groups in total. The van der Waals surface area contributed by atoms with Crippen molar-refractivity contribution in [3.63, 3.8) is 0 Å². The number of nitrogens with one attached hydrogen (secondary N) is 2. The van der Waals surface area contributed by atoms with E-state index in [1.807, 2.05) is 13.8 Å². The third-order valence-corrected chi connectivity index (χ3v) is 3.37. The van der Waals surface area contributed by atoms with Gasteiger partial charge < -0.3 is 0 Å². The van der Waals surface area contributed by atoms with Gasteiger partial charge >= 0.3 is 6.03 Å². The van der Waals surface area contributed by atoms with Crippen molar-refractivity contribution < 1.29 is 4.79 Å². The minimum atomic E-state index is -0.271. The average molecular weight is 254 g/mol. The molecule has 0 saturated heterocycles. The summed E-state index contributed by atoms with van der Waals surface area (Å²) in [6.45, 7) is 3.78.